The topological polar surface area (TPSA) is 32.0 Å². The number of fused-ring (bicyclic) bond motifs is 1. The SMILES string of the molecule is CC(C)n1c(C2=CC=CCN2C(CF)CF)c(C#N)c2ccc(Cl)cc21. The molecule has 0 N–H and O–H groups in total. The van der Waals surface area contributed by atoms with Gasteiger partial charge in [-0.1, -0.05) is 23.8 Å². The van der Waals surface area contributed by atoms with Crippen molar-refractivity contribution in [3.05, 3.63) is 52.7 Å². The monoisotopic (exact) mass is 375 g/mol. The number of alkyl halides is 2. The van der Waals surface area contributed by atoms with Gasteiger partial charge in [-0.2, -0.15) is 5.26 Å². The molecule has 0 aliphatic carbocycles. The lowest BCUT2D eigenvalue weighted by Crippen LogP contribution is -2.39. The third-order valence-electron chi connectivity index (χ3n) is 4.64. The average Bonchev–Trinajstić information content (AvgIpc) is 2.96. The van der Waals surface area contributed by atoms with Crippen LogP contribution >= 0.6 is 11.6 Å². The van der Waals surface area contributed by atoms with E-state index in [0.29, 0.717) is 28.5 Å². The minimum absolute atomic E-state index is 0.0379. The highest BCUT2D eigenvalue weighted by molar-refractivity contribution is 6.31. The van der Waals surface area contributed by atoms with Gasteiger partial charge in [-0.05, 0) is 38.1 Å². The molecule has 0 spiro atoms. The highest BCUT2D eigenvalue weighted by Gasteiger charge is 2.29. The van der Waals surface area contributed by atoms with Crippen LogP contribution in [0.3, 0.4) is 0 Å². The molecule has 0 radical (unpaired) electrons. The molecule has 0 amide bonds. The summed E-state index contributed by atoms with van der Waals surface area (Å²) in [4.78, 5) is 1.69. The highest BCUT2D eigenvalue weighted by Crippen LogP contribution is 2.37. The summed E-state index contributed by atoms with van der Waals surface area (Å²) in [6.07, 6.45) is 5.53. The van der Waals surface area contributed by atoms with E-state index in [1.807, 2.05) is 48.8 Å². The second kappa shape index (κ2) is 7.51. The fourth-order valence-electron chi connectivity index (χ4n) is 3.48. The predicted molar refractivity (Wildman–Crippen MR) is 102 cm³/mol. The van der Waals surface area contributed by atoms with E-state index in [-0.39, 0.29) is 6.04 Å². The summed E-state index contributed by atoms with van der Waals surface area (Å²) in [7, 11) is 0. The lowest BCUT2D eigenvalue weighted by atomic mass is 10.1. The first-order valence-electron chi connectivity index (χ1n) is 8.52. The Bertz CT molecular complexity index is 917. The van der Waals surface area contributed by atoms with Crippen LogP contribution in [0.25, 0.3) is 16.6 Å². The number of rotatable bonds is 5. The van der Waals surface area contributed by atoms with E-state index in [0.717, 1.165) is 10.9 Å². The number of nitriles is 1. The molecule has 3 rings (SSSR count). The number of hydrogen-bond donors (Lipinski definition) is 0. The lowest BCUT2D eigenvalue weighted by Gasteiger charge is -2.34. The molecule has 1 aromatic heterocycles. The molecule has 1 aliphatic rings. The van der Waals surface area contributed by atoms with Crippen molar-refractivity contribution in [2.45, 2.75) is 25.9 Å². The van der Waals surface area contributed by atoms with Gasteiger partial charge in [0.15, 0.2) is 0 Å². The van der Waals surface area contributed by atoms with Crippen LogP contribution in [0, 0.1) is 11.3 Å². The van der Waals surface area contributed by atoms with E-state index >= 15 is 0 Å². The Balaban J connectivity index is 2.33. The quantitative estimate of drug-likeness (QED) is 0.713. The van der Waals surface area contributed by atoms with Crippen molar-refractivity contribution in [1.29, 1.82) is 5.26 Å². The predicted octanol–water partition coefficient (Wildman–Crippen LogP) is 5.27. The standard InChI is InChI=1S/C20H20ClF2N3/c1-13(2)26-19-9-14(21)6-7-16(19)17(12-24)20(26)18-5-3-4-8-25(18)15(10-22)11-23/h3-7,9,13,15H,8,10-11H2,1-2H3. The minimum Gasteiger partial charge on any atom is -0.358 e. The molecule has 3 nitrogen and oxygen atoms in total. The Kier molecular flexibility index (Phi) is 5.33. The van der Waals surface area contributed by atoms with Crippen molar-refractivity contribution >= 4 is 28.2 Å². The van der Waals surface area contributed by atoms with Crippen molar-refractivity contribution in [3.8, 4) is 6.07 Å². The first-order valence-corrected chi connectivity index (χ1v) is 8.90. The van der Waals surface area contributed by atoms with Gasteiger partial charge in [-0.25, -0.2) is 8.78 Å². The van der Waals surface area contributed by atoms with Crippen molar-refractivity contribution in [2.24, 2.45) is 0 Å². The molecule has 1 aliphatic heterocycles. The summed E-state index contributed by atoms with van der Waals surface area (Å²) in [5.41, 5.74) is 2.67. The van der Waals surface area contributed by atoms with Crippen LogP contribution in [0.4, 0.5) is 8.78 Å². The summed E-state index contributed by atoms with van der Waals surface area (Å²) < 4.78 is 28.8. The van der Waals surface area contributed by atoms with Gasteiger partial charge in [0.05, 0.1) is 28.5 Å². The normalized spacial score (nSPS) is 14.4. The van der Waals surface area contributed by atoms with Gasteiger partial charge in [-0.3, -0.25) is 0 Å². The van der Waals surface area contributed by atoms with Crippen molar-refractivity contribution < 1.29 is 8.78 Å². The van der Waals surface area contributed by atoms with Gasteiger partial charge < -0.3 is 9.47 Å². The van der Waals surface area contributed by atoms with Gasteiger partial charge in [0, 0.05) is 23.0 Å². The summed E-state index contributed by atoms with van der Waals surface area (Å²) in [6.45, 7) is 2.83. The third kappa shape index (κ3) is 2.99. The maximum atomic E-state index is 13.4. The average molecular weight is 376 g/mol. The van der Waals surface area contributed by atoms with E-state index < -0.39 is 19.4 Å². The van der Waals surface area contributed by atoms with E-state index in [1.54, 1.807) is 11.0 Å². The second-order valence-electron chi connectivity index (χ2n) is 6.56. The second-order valence-corrected chi connectivity index (χ2v) is 6.99. The molecule has 0 unspecified atom stereocenters. The molecular weight excluding hydrogens is 356 g/mol. The molecule has 1 aromatic carbocycles. The van der Waals surface area contributed by atoms with Gasteiger partial charge in [0.25, 0.3) is 0 Å². The zero-order valence-corrected chi connectivity index (χ0v) is 15.5. The Morgan fingerprint density at radius 2 is 2.00 bits per heavy atom. The Morgan fingerprint density at radius 3 is 2.62 bits per heavy atom. The van der Waals surface area contributed by atoms with Gasteiger partial charge >= 0.3 is 0 Å². The molecule has 0 atom stereocenters. The molecule has 2 aromatic rings. The zero-order valence-electron chi connectivity index (χ0n) is 14.7. The van der Waals surface area contributed by atoms with Gasteiger partial charge in [-0.15, -0.1) is 0 Å². The van der Waals surface area contributed by atoms with Gasteiger partial charge in [0.1, 0.15) is 19.4 Å². The molecule has 0 bridgehead atoms. The first-order chi connectivity index (χ1) is 12.5. The van der Waals surface area contributed by atoms with E-state index in [2.05, 4.69) is 6.07 Å². The zero-order chi connectivity index (χ0) is 18.8. The van der Waals surface area contributed by atoms with Crippen molar-refractivity contribution in [3.63, 3.8) is 0 Å². The summed E-state index contributed by atoms with van der Waals surface area (Å²) in [5.74, 6) is 0. The fourth-order valence-corrected chi connectivity index (χ4v) is 3.65. The smallest absolute Gasteiger partial charge is 0.112 e. The van der Waals surface area contributed by atoms with Crippen molar-refractivity contribution in [1.82, 2.24) is 9.47 Å². The summed E-state index contributed by atoms with van der Waals surface area (Å²) in [6, 6.07) is 6.84. The number of benzene rings is 1. The van der Waals surface area contributed by atoms with E-state index in [1.165, 1.54) is 0 Å². The van der Waals surface area contributed by atoms with Crippen LogP contribution in [-0.4, -0.2) is 35.4 Å². The third-order valence-corrected chi connectivity index (χ3v) is 4.87. The van der Waals surface area contributed by atoms with Crippen LogP contribution in [0.2, 0.25) is 5.02 Å². The number of aromatic nitrogens is 1. The number of nitrogens with zero attached hydrogens (tertiary/aromatic N) is 3. The molecule has 6 heteroatoms. The minimum atomic E-state index is -0.875. The summed E-state index contributed by atoms with van der Waals surface area (Å²) in [5, 5.41) is 11.2. The Hall–Kier alpha value is -2.32. The summed E-state index contributed by atoms with van der Waals surface area (Å²) >= 11 is 6.18. The highest BCUT2D eigenvalue weighted by atomic mass is 35.5. The molecule has 0 saturated heterocycles. The van der Waals surface area contributed by atoms with Crippen LogP contribution in [0.1, 0.15) is 31.1 Å². The number of hydrogen-bond acceptors (Lipinski definition) is 2. The maximum Gasteiger partial charge on any atom is 0.112 e. The largest absolute Gasteiger partial charge is 0.358 e. The number of halogens is 3. The molecule has 0 fully saturated rings. The molecular formula is C20H20ClF2N3. The van der Waals surface area contributed by atoms with Crippen LogP contribution < -0.4 is 0 Å². The van der Waals surface area contributed by atoms with Crippen LogP contribution in [0.15, 0.2) is 36.4 Å². The van der Waals surface area contributed by atoms with Gasteiger partial charge in [0.2, 0.25) is 0 Å². The Morgan fingerprint density at radius 1 is 1.27 bits per heavy atom. The van der Waals surface area contributed by atoms with Crippen LogP contribution in [-0.2, 0) is 0 Å². The maximum absolute atomic E-state index is 13.4. The molecule has 26 heavy (non-hydrogen) atoms. The van der Waals surface area contributed by atoms with Crippen molar-refractivity contribution in [2.75, 3.05) is 19.9 Å². The first kappa shape index (κ1) is 18.5. The molecule has 2 heterocycles. The fraction of sp³-hybridized carbons (Fsp3) is 0.350. The van der Waals surface area contributed by atoms with E-state index in [4.69, 9.17) is 11.6 Å². The number of allylic oxidation sites excluding steroid dienone is 2. The molecule has 136 valence electrons. The molecule has 0 saturated carbocycles. The lowest BCUT2D eigenvalue weighted by molar-refractivity contribution is 0.211. The van der Waals surface area contributed by atoms with Crippen LogP contribution in [0.5, 0.6) is 0 Å². The Labute approximate surface area is 156 Å². The van der Waals surface area contributed by atoms with E-state index in [9.17, 15) is 14.0 Å².